The summed E-state index contributed by atoms with van der Waals surface area (Å²) in [6.07, 6.45) is 0. The Balaban J connectivity index is 2.71. The van der Waals surface area contributed by atoms with Gasteiger partial charge in [-0.2, -0.15) is 5.26 Å². The van der Waals surface area contributed by atoms with Crippen LogP contribution in [0.25, 0.3) is 0 Å². The number of benzene rings is 1. The van der Waals surface area contributed by atoms with Crippen LogP contribution in [0.5, 0.6) is 0 Å². The zero-order valence-corrected chi connectivity index (χ0v) is 13.3. The Labute approximate surface area is 137 Å². The lowest BCUT2D eigenvalue weighted by Crippen LogP contribution is -2.25. The van der Waals surface area contributed by atoms with E-state index in [4.69, 9.17) is 38.4 Å². The van der Waals surface area contributed by atoms with E-state index in [1.54, 1.807) is 19.1 Å². The van der Waals surface area contributed by atoms with E-state index in [-0.39, 0.29) is 22.8 Å². The molecule has 0 amide bonds. The maximum Gasteiger partial charge on any atom is 0.338 e. The fraction of sp³-hybridized carbons (Fsp3) is 0.200. The monoisotopic (exact) mass is 338 g/mol. The first-order valence-corrected chi connectivity index (χ1v) is 6.97. The number of allylic oxidation sites excluding steroid dienone is 2. The van der Waals surface area contributed by atoms with Gasteiger partial charge in [-0.15, -0.1) is 0 Å². The van der Waals surface area contributed by atoms with Crippen LogP contribution < -0.4 is 5.73 Å². The Morgan fingerprint density at radius 3 is 2.68 bits per heavy atom. The lowest BCUT2D eigenvalue weighted by atomic mass is 9.83. The summed E-state index contributed by atoms with van der Waals surface area (Å²) in [6.45, 7) is 1.57. The Bertz CT molecular complexity index is 748. The maximum absolute atomic E-state index is 12.1. The summed E-state index contributed by atoms with van der Waals surface area (Å²) >= 11 is 12.1. The van der Waals surface area contributed by atoms with Gasteiger partial charge in [0, 0.05) is 10.0 Å². The highest BCUT2D eigenvalue weighted by molar-refractivity contribution is 6.35. The van der Waals surface area contributed by atoms with Gasteiger partial charge in [0.15, 0.2) is 0 Å². The van der Waals surface area contributed by atoms with Gasteiger partial charge in [0.1, 0.15) is 17.4 Å². The Kier molecular flexibility index (Phi) is 4.65. The van der Waals surface area contributed by atoms with Gasteiger partial charge in [0.05, 0.1) is 18.6 Å². The molecule has 1 aromatic carbocycles. The third kappa shape index (κ3) is 2.76. The number of esters is 1. The highest BCUT2D eigenvalue weighted by atomic mass is 35.5. The lowest BCUT2D eigenvalue weighted by Gasteiger charge is -2.27. The summed E-state index contributed by atoms with van der Waals surface area (Å²) in [5, 5.41) is 10.1. The topological polar surface area (TPSA) is 85.3 Å². The molecule has 2 N–H and O–H groups in total. The molecule has 0 saturated carbocycles. The lowest BCUT2D eigenvalue weighted by molar-refractivity contribution is -0.136. The Morgan fingerprint density at radius 2 is 2.14 bits per heavy atom. The third-order valence-electron chi connectivity index (χ3n) is 3.28. The predicted molar refractivity (Wildman–Crippen MR) is 81.8 cm³/mol. The number of carbonyl (C=O) groups is 1. The second kappa shape index (κ2) is 6.30. The van der Waals surface area contributed by atoms with Gasteiger partial charge in [-0.25, -0.2) is 4.79 Å². The van der Waals surface area contributed by atoms with Gasteiger partial charge < -0.3 is 15.2 Å². The molecule has 5 nitrogen and oxygen atoms in total. The number of hydrogen-bond acceptors (Lipinski definition) is 5. The summed E-state index contributed by atoms with van der Waals surface area (Å²) in [4.78, 5) is 12.1. The van der Waals surface area contributed by atoms with E-state index in [1.165, 1.54) is 13.2 Å². The van der Waals surface area contributed by atoms with Crippen LogP contribution in [-0.4, -0.2) is 13.1 Å². The van der Waals surface area contributed by atoms with E-state index >= 15 is 0 Å². The van der Waals surface area contributed by atoms with Gasteiger partial charge >= 0.3 is 5.97 Å². The highest BCUT2D eigenvalue weighted by Gasteiger charge is 2.37. The molecule has 0 bridgehead atoms. The van der Waals surface area contributed by atoms with Crippen LogP contribution in [-0.2, 0) is 14.3 Å². The van der Waals surface area contributed by atoms with Gasteiger partial charge in [0.25, 0.3) is 0 Å². The van der Waals surface area contributed by atoms with Gasteiger partial charge in [-0.1, -0.05) is 29.3 Å². The molecule has 0 fully saturated rings. The molecule has 0 spiro atoms. The van der Waals surface area contributed by atoms with Crippen molar-refractivity contribution in [2.24, 2.45) is 5.73 Å². The van der Waals surface area contributed by atoms with Gasteiger partial charge in [-0.3, -0.25) is 0 Å². The van der Waals surface area contributed by atoms with Crippen LogP contribution >= 0.6 is 23.2 Å². The summed E-state index contributed by atoms with van der Waals surface area (Å²) < 4.78 is 10.1. The molecule has 0 aromatic heterocycles. The Morgan fingerprint density at radius 1 is 1.45 bits per heavy atom. The zero-order chi connectivity index (χ0) is 16.4. The normalized spacial score (nSPS) is 17.9. The van der Waals surface area contributed by atoms with Crippen molar-refractivity contribution in [3.8, 4) is 6.07 Å². The number of rotatable bonds is 2. The number of methoxy groups -OCH3 is 1. The van der Waals surface area contributed by atoms with Crippen molar-refractivity contribution in [2.45, 2.75) is 12.8 Å². The number of carbonyl (C=O) groups excluding carboxylic acids is 1. The van der Waals surface area contributed by atoms with E-state index < -0.39 is 11.9 Å². The fourth-order valence-electron chi connectivity index (χ4n) is 2.30. The molecule has 0 saturated heterocycles. The quantitative estimate of drug-likeness (QED) is 0.836. The van der Waals surface area contributed by atoms with Gasteiger partial charge in [0.2, 0.25) is 5.88 Å². The predicted octanol–water partition coefficient (Wildman–Crippen LogP) is 3.25. The molecule has 1 atom stereocenters. The highest BCUT2D eigenvalue weighted by Crippen LogP contribution is 2.42. The molecule has 0 aliphatic carbocycles. The van der Waals surface area contributed by atoms with Gasteiger partial charge in [-0.05, 0) is 24.6 Å². The SMILES string of the molecule is COC(=O)C1=C(C)OC(N)=C(C#N)C1c1ccc(Cl)cc1Cl. The number of hydrogen-bond donors (Lipinski definition) is 1. The average Bonchev–Trinajstić information content (AvgIpc) is 2.46. The minimum atomic E-state index is -0.768. The standard InChI is InChI=1S/C15H12Cl2N2O3/c1-7-12(15(20)21-2)13(10(6-18)14(19)22-7)9-4-3-8(16)5-11(9)17/h3-5,13H,19H2,1-2H3. The molecule has 7 heteroatoms. The molecule has 22 heavy (non-hydrogen) atoms. The molecule has 2 rings (SSSR count). The van der Waals surface area contributed by atoms with Crippen molar-refractivity contribution in [3.05, 3.63) is 56.6 Å². The third-order valence-corrected chi connectivity index (χ3v) is 3.85. The number of nitrogens with zero attached hydrogens (tertiary/aromatic N) is 1. The smallest absolute Gasteiger partial charge is 0.338 e. The summed E-state index contributed by atoms with van der Waals surface area (Å²) in [5.74, 6) is -1.19. The molecule has 1 heterocycles. The molecule has 0 radical (unpaired) electrons. The first-order chi connectivity index (χ1) is 10.4. The largest absolute Gasteiger partial charge is 0.466 e. The summed E-state index contributed by atoms with van der Waals surface area (Å²) in [5.41, 5.74) is 6.56. The summed E-state index contributed by atoms with van der Waals surface area (Å²) in [7, 11) is 1.25. The summed E-state index contributed by atoms with van der Waals surface area (Å²) in [6, 6.07) is 6.76. The maximum atomic E-state index is 12.1. The molecule has 1 aromatic rings. The van der Waals surface area contributed by atoms with Crippen LogP contribution in [0.1, 0.15) is 18.4 Å². The molecule has 1 unspecified atom stereocenters. The minimum absolute atomic E-state index is 0.0660. The van der Waals surface area contributed by atoms with E-state index in [9.17, 15) is 10.1 Å². The molecular weight excluding hydrogens is 327 g/mol. The average molecular weight is 339 g/mol. The van der Waals surface area contributed by atoms with E-state index in [0.29, 0.717) is 15.6 Å². The fourth-order valence-corrected chi connectivity index (χ4v) is 2.82. The Hall–Kier alpha value is -2.16. The number of nitriles is 1. The van der Waals surface area contributed by atoms with E-state index in [1.807, 2.05) is 6.07 Å². The zero-order valence-electron chi connectivity index (χ0n) is 11.8. The second-order valence-corrected chi connectivity index (χ2v) is 5.40. The van der Waals surface area contributed by atoms with Crippen molar-refractivity contribution in [2.75, 3.05) is 7.11 Å². The first kappa shape index (κ1) is 16.2. The molecular formula is C15H12Cl2N2O3. The van der Waals surface area contributed by atoms with E-state index in [0.717, 1.165) is 0 Å². The van der Waals surface area contributed by atoms with Crippen LogP contribution in [0.15, 0.2) is 41.0 Å². The number of ether oxygens (including phenoxy) is 2. The second-order valence-electron chi connectivity index (χ2n) is 4.55. The van der Waals surface area contributed by atoms with E-state index in [2.05, 4.69) is 0 Å². The first-order valence-electron chi connectivity index (χ1n) is 6.22. The van der Waals surface area contributed by atoms with Crippen molar-refractivity contribution >= 4 is 29.2 Å². The number of nitrogens with two attached hydrogens (primary N) is 1. The van der Waals surface area contributed by atoms with Crippen molar-refractivity contribution < 1.29 is 14.3 Å². The van der Waals surface area contributed by atoms with Crippen LogP contribution in [0.2, 0.25) is 10.0 Å². The van der Waals surface area contributed by atoms with Crippen molar-refractivity contribution in [3.63, 3.8) is 0 Å². The molecule has 1 aliphatic rings. The van der Waals surface area contributed by atoms with Crippen LogP contribution in [0.4, 0.5) is 0 Å². The van der Waals surface area contributed by atoms with Crippen LogP contribution in [0, 0.1) is 11.3 Å². The molecule has 114 valence electrons. The van der Waals surface area contributed by atoms with Crippen molar-refractivity contribution in [1.29, 1.82) is 5.26 Å². The number of halogens is 2. The van der Waals surface area contributed by atoms with Crippen molar-refractivity contribution in [1.82, 2.24) is 0 Å². The minimum Gasteiger partial charge on any atom is -0.466 e. The van der Waals surface area contributed by atoms with Crippen LogP contribution in [0.3, 0.4) is 0 Å². The molecule has 1 aliphatic heterocycles.